The maximum absolute atomic E-state index is 12.6. The van der Waals surface area contributed by atoms with E-state index in [1.165, 1.54) is 0 Å². The quantitative estimate of drug-likeness (QED) is 0.846. The van der Waals surface area contributed by atoms with Crippen molar-refractivity contribution in [2.24, 2.45) is 13.0 Å². The summed E-state index contributed by atoms with van der Waals surface area (Å²) >= 11 is 0. The summed E-state index contributed by atoms with van der Waals surface area (Å²) in [7, 11) is 1.82. The summed E-state index contributed by atoms with van der Waals surface area (Å²) in [5.41, 5.74) is 2.38. The van der Waals surface area contributed by atoms with E-state index in [-0.39, 0.29) is 18.0 Å². The van der Waals surface area contributed by atoms with Gasteiger partial charge >= 0.3 is 0 Å². The Labute approximate surface area is 135 Å². The van der Waals surface area contributed by atoms with E-state index in [0.29, 0.717) is 5.92 Å². The Kier molecular flexibility index (Phi) is 4.00. The summed E-state index contributed by atoms with van der Waals surface area (Å²) in [6, 6.07) is 1.60. The SMILES string of the molecule is Cc1cc(=O)n(CC(=O)N2CCC(C)CC2)c2c1c(C)nn2C. The number of hydrogen-bond donors (Lipinski definition) is 0. The van der Waals surface area contributed by atoms with E-state index in [2.05, 4.69) is 12.0 Å². The lowest BCUT2D eigenvalue weighted by Gasteiger charge is -2.30. The number of aryl methyl sites for hydroxylation is 3. The maximum atomic E-state index is 12.6. The van der Waals surface area contributed by atoms with Crippen molar-refractivity contribution in [3.8, 4) is 0 Å². The lowest BCUT2D eigenvalue weighted by atomic mass is 9.99. The summed E-state index contributed by atoms with van der Waals surface area (Å²) in [6.07, 6.45) is 2.07. The Bertz CT molecular complexity index is 810. The van der Waals surface area contributed by atoms with Gasteiger partial charge in [-0.05, 0) is 38.2 Å². The van der Waals surface area contributed by atoms with Crippen molar-refractivity contribution in [1.82, 2.24) is 19.2 Å². The maximum Gasteiger partial charge on any atom is 0.252 e. The van der Waals surface area contributed by atoms with Crippen LogP contribution in [-0.2, 0) is 18.4 Å². The Morgan fingerprint density at radius 2 is 1.96 bits per heavy atom. The molecule has 0 spiro atoms. The summed E-state index contributed by atoms with van der Waals surface area (Å²) in [6.45, 7) is 7.72. The van der Waals surface area contributed by atoms with Crippen LogP contribution in [0.25, 0.3) is 11.0 Å². The monoisotopic (exact) mass is 316 g/mol. The highest BCUT2D eigenvalue weighted by atomic mass is 16.2. The Morgan fingerprint density at radius 3 is 2.61 bits per heavy atom. The first-order valence-corrected chi connectivity index (χ1v) is 8.20. The second kappa shape index (κ2) is 5.83. The predicted molar refractivity (Wildman–Crippen MR) is 89.4 cm³/mol. The molecule has 0 unspecified atom stereocenters. The molecule has 6 heteroatoms. The molecule has 0 aromatic carbocycles. The highest BCUT2D eigenvalue weighted by molar-refractivity contribution is 5.84. The number of piperidine rings is 1. The molecule has 1 aliphatic heterocycles. The zero-order valence-corrected chi connectivity index (χ0v) is 14.3. The number of likely N-dealkylation sites (tertiary alicyclic amines) is 1. The van der Waals surface area contributed by atoms with E-state index < -0.39 is 0 Å². The zero-order valence-electron chi connectivity index (χ0n) is 14.3. The molecule has 1 aliphatic rings. The van der Waals surface area contributed by atoms with Crippen molar-refractivity contribution in [3.63, 3.8) is 0 Å². The fourth-order valence-corrected chi connectivity index (χ4v) is 3.50. The molecule has 0 N–H and O–H groups in total. The average molecular weight is 316 g/mol. The van der Waals surface area contributed by atoms with Crippen molar-refractivity contribution in [2.45, 2.75) is 40.2 Å². The van der Waals surface area contributed by atoms with Crippen molar-refractivity contribution < 1.29 is 4.79 Å². The molecule has 0 bridgehead atoms. The van der Waals surface area contributed by atoms with E-state index in [0.717, 1.165) is 48.2 Å². The van der Waals surface area contributed by atoms with Crippen molar-refractivity contribution in [2.75, 3.05) is 13.1 Å². The van der Waals surface area contributed by atoms with Crippen LogP contribution in [0.2, 0.25) is 0 Å². The van der Waals surface area contributed by atoms with Gasteiger partial charge in [-0.3, -0.25) is 18.8 Å². The smallest absolute Gasteiger partial charge is 0.252 e. The van der Waals surface area contributed by atoms with Crippen molar-refractivity contribution in [3.05, 3.63) is 27.7 Å². The summed E-state index contributed by atoms with van der Waals surface area (Å²) in [4.78, 5) is 26.9. The van der Waals surface area contributed by atoms with Crippen LogP contribution in [0.15, 0.2) is 10.9 Å². The highest BCUT2D eigenvalue weighted by Crippen LogP contribution is 2.20. The van der Waals surface area contributed by atoms with Gasteiger partial charge in [0.25, 0.3) is 5.56 Å². The third kappa shape index (κ3) is 2.78. The summed E-state index contributed by atoms with van der Waals surface area (Å²) < 4.78 is 3.26. The van der Waals surface area contributed by atoms with Gasteiger partial charge in [0, 0.05) is 31.6 Å². The summed E-state index contributed by atoms with van der Waals surface area (Å²) in [5, 5.41) is 5.38. The highest BCUT2D eigenvalue weighted by Gasteiger charge is 2.22. The van der Waals surface area contributed by atoms with E-state index in [1.54, 1.807) is 15.3 Å². The van der Waals surface area contributed by atoms with Gasteiger partial charge in [0.2, 0.25) is 5.91 Å². The second-order valence-electron chi connectivity index (χ2n) is 6.72. The molecule has 3 rings (SSSR count). The first-order chi connectivity index (χ1) is 10.9. The molecule has 1 fully saturated rings. The number of fused-ring (bicyclic) bond motifs is 1. The lowest BCUT2D eigenvalue weighted by molar-refractivity contribution is -0.133. The number of amides is 1. The Morgan fingerprint density at radius 1 is 1.30 bits per heavy atom. The third-order valence-corrected chi connectivity index (χ3v) is 4.88. The van der Waals surface area contributed by atoms with Gasteiger partial charge in [-0.2, -0.15) is 5.10 Å². The van der Waals surface area contributed by atoms with Crippen molar-refractivity contribution >= 4 is 16.9 Å². The van der Waals surface area contributed by atoms with Crippen LogP contribution in [0.1, 0.15) is 31.0 Å². The minimum Gasteiger partial charge on any atom is -0.341 e. The molecule has 2 aromatic heterocycles. The minimum atomic E-state index is -0.142. The van der Waals surface area contributed by atoms with Gasteiger partial charge in [-0.1, -0.05) is 6.92 Å². The van der Waals surface area contributed by atoms with Crippen LogP contribution in [0.5, 0.6) is 0 Å². The van der Waals surface area contributed by atoms with Crippen LogP contribution in [-0.4, -0.2) is 38.2 Å². The number of carbonyl (C=O) groups is 1. The summed E-state index contributed by atoms with van der Waals surface area (Å²) in [5.74, 6) is 0.690. The molecular weight excluding hydrogens is 292 g/mol. The number of pyridine rings is 1. The fourth-order valence-electron chi connectivity index (χ4n) is 3.50. The molecule has 6 nitrogen and oxygen atoms in total. The van der Waals surface area contributed by atoms with Crippen LogP contribution in [0, 0.1) is 19.8 Å². The molecule has 1 saturated heterocycles. The topological polar surface area (TPSA) is 60.1 Å². The molecule has 0 atom stereocenters. The van der Waals surface area contributed by atoms with Crippen LogP contribution >= 0.6 is 0 Å². The molecule has 0 aliphatic carbocycles. The Balaban J connectivity index is 1.97. The first kappa shape index (κ1) is 15.8. The molecule has 0 radical (unpaired) electrons. The van der Waals surface area contributed by atoms with E-state index in [9.17, 15) is 9.59 Å². The third-order valence-electron chi connectivity index (χ3n) is 4.88. The van der Waals surface area contributed by atoms with Gasteiger partial charge in [0.15, 0.2) is 0 Å². The van der Waals surface area contributed by atoms with Gasteiger partial charge < -0.3 is 4.90 Å². The van der Waals surface area contributed by atoms with Gasteiger partial charge in [0.05, 0.1) is 5.69 Å². The number of aromatic nitrogens is 3. The normalized spacial score (nSPS) is 16.3. The van der Waals surface area contributed by atoms with Crippen LogP contribution in [0.3, 0.4) is 0 Å². The van der Waals surface area contributed by atoms with Gasteiger partial charge in [-0.15, -0.1) is 0 Å². The fraction of sp³-hybridized carbons (Fsp3) is 0.588. The predicted octanol–water partition coefficient (Wildman–Crippen LogP) is 1.61. The minimum absolute atomic E-state index is 0.0167. The van der Waals surface area contributed by atoms with E-state index >= 15 is 0 Å². The molecule has 124 valence electrons. The molecule has 3 heterocycles. The number of carbonyl (C=O) groups excluding carboxylic acids is 1. The van der Waals surface area contributed by atoms with Crippen LogP contribution in [0.4, 0.5) is 0 Å². The molecule has 23 heavy (non-hydrogen) atoms. The molecule has 0 saturated carbocycles. The number of rotatable bonds is 2. The van der Waals surface area contributed by atoms with E-state index in [1.807, 2.05) is 25.8 Å². The largest absolute Gasteiger partial charge is 0.341 e. The zero-order chi connectivity index (χ0) is 16.7. The van der Waals surface area contributed by atoms with Gasteiger partial charge in [0.1, 0.15) is 12.2 Å². The molecular formula is C17H24N4O2. The number of nitrogens with zero attached hydrogens (tertiary/aromatic N) is 4. The Hall–Kier alpha value is -2.11. The van der Waals surface area contributed by atoms with Crippen LogP contribution < -0.4 is 5.56 Å². The average Bonchev–Trinajstić information content (AvgIpc) is 2.79. The molecule has 1 amide bonds. The number of hydrogen-bond acceptors (Lipinski definition) is 3. The second-order valence-corrected chi connectivity index (χ2v) is 6.72. The van der Waals surface area contributed by atoms with Crippen molar-refractivity contribution in [1.29, 1.82) is 0 Å². The lowest BCUT2D eigenvalue weighted by Crippen LogP contribution is -2.41. The molecule has 2 aromatic rings. The first-order valence-electron chi connectivity index (χ1n) is 8.20. The standard InChI is InChI=1S/C17H24N4O2/c1-11-5-7-20(8-6-11)15(23)10-21-14(22)9-12(2)16-13(3)18-19(4)17(16)21/h9,11H,5-8,10H2,1-4H3. The van der Waals surface area contributed by atoms with E-state index in [4.69, 9.17) is 0 Å². The van der Waals surface area contributed by atoms with Gasteiger partial charge in [-0.25, -0.2) is 0 Å².